The lowest BCUT2D eigenvalue weighted by Crippen LogP contribution is -2.13. The fourth-order valence-corrected chi connectivity index (χ4v) is 0.966. The Balaban J connectivity index is 2.38. The van der Waals surface area contributed by atoms with E-state index in [2.05, 4.69) is 5.10 Å². The van der Waals surface area contributed by atoms with Crippen molar-refractivity contribution in [2.24, 2.45) is 12.8 Å². The first-order valence-corrected chi connectivity index (χ1v) is 3.92. The van der Waals surface area contributed by atoms with E-state index in [1.54, 1.807) is 4.68 Å². The molecule has 0 radical (unpaired) electrons. The average molecular weight is 167 g/mol. The second kappa shape index (κ2) is 4.01. The van der Waals surface area contributed by atoms with Crippen molar-refractivity contribution < 1.29 is 4.79 Å². The van der Waals surface area contributed by atoms with Crippen molar-refractivity contribution in [3.8, 4) is 0 Å². The van der Waals surface area contributed by atoms with Crippen LogP contribution >= 0.6 is 0 Å². The third-order valence-corrected chi connectivity index (χ3v) is 1.66. The number of nitrogens with zero attached hydrogens (tertiary/aromatic N) is 2. The van der Waals surface area contributed by atoms with Gasteiger partial charge in [0.15, 0.2) is 0 Å². The Morgan fingerprint density at radius 2 is 2.50 bits per heavy atom. The van der Waals surface area contributed by atoms with Gasteiger partial charge in [-0.05, 0) is 12.5 Å². The summed E-state index contributed by atoms with van der Waals surface area (Å²) in [7, 11) is 1.86. The van der Waals surface area contributed by atoms with Gasteiger partial charge >= 0.3 is 0 Å². The highest BCUT2D eigenvalue weighted by atomic mass is 16.1. The maximum Gasteiger partial charge on any atom is 0.146 e. The summed E-state index contributed by atoms with van der Waals surface area (Å²) < 4.78 is 1.72. The van der Waals surface area contributed by atoms with Crippen LogP contribution in [0.1, 0.15) is 12.1 Å². The molecule has 2 N–H and O–H groups in total. The molecule has 4 nitrogen and oxygen atoms in total. The van der Waals surface area contributed by atoms with Gasteiger partial charge in [0, 0.05) is 19.7 Å². The molecule has 12 heavy (non-hydrogen) atoms. The van der Waals surface area contributed by atoms with Crippen molar-refractivity contribution in [1.82, 2.24) is 9.78 Å². The van der Waals surface area contributed by atoms with Crippen LogP contribution in [0.2, 0.25) is 0 Å². The number of carbonyl (C=O) groups excluding carboxylic acids is 1. The number of rotatable bonds is 4. The predicted octanol–water partition coefficient (Wildman–Crippen LogP) is -0.120. The van der Waals surface area contributed by atoms with Crippen molar-refractivity contribution in [3.05, 3.63) is 18.0 Å². The Kier molecular flexibility index (Phi) is 2.99. The van der Waals surface area contributed by atoms with E-state index >= 15 is 0 Å². The standard InChI is InChI=1S/C8H13N3O/c1-11-5-4-7(10-11)2-3-8(12)6-9/h4-5H,2-3,6,9H2,1H3. The van der Waals surface area contributed by atoms with Gasteiger partial charge in [0.05, 0.1) is 12.2 Å². The van der Waals surface area contributed by atoms with Crippen LogP contribution in [0.3, 0.4) is 0 Å². The molecule has 1 aromatic rings. The molecule has 0 bridgehead atoms. The van der Waals surface area contributed by atoms with E-state index in [4.69, 9.17) is 5.73 Å². The molecule has 66 valence electrons. The number of hydrogen-bond acceptors (Lipinski definition) is 3. The molecule has 0 aliphatic heterocycles. The van der Waals surface area contributed by atoms with Crippen molar-refractivity contribution in [2.75, 3.05) is 6.54 Å². The zero-order valence-electron chi connectivity index (χ0n) is 7.16. The zero-order chi connectivity index (χ0) is 8.97. The van der Waals surface area contributed by atoms with Crippen molar-refractivity contribution in [2.45, 2.75) is 12.8 Å². The molecule has 4 heteroatoms. The van der Waals surface area contributed by atoms with Crippen LogP contribution < -0.4 is 5.73 Å². The van der Waals surface area contributed by atoms with Gasteiger partial charge < -0.3 is 5.73 Å². The summed E-state index contributed by atoms with van der Waals surface area (Å²) in [6.07, 6.45) is 3.05. The Morgan fingerprint density at radius 3 is 3.00 bits per heavy atom. The van der Waals surface area contributed by atoms with Gasteiger partial charge in [-0.15, -0.1) is 0 Å². The summed E-state index contributed by atoms with van der Waals surface area (Å²) in [6, 6.07) is 1.91. The summed E-state index contributed by atoms with van der Waals surface area (Å²) in [5.74, 6) is 0.0839. The average Bonchev–Trinajstić information content (AvgIpc) is 2.47. The minimum Gasteiger partial charge on any atom is -0.324 e. The lowest BCUT2D eigenvalue weighted by molar-refractivity contribution is -0.117. The van der Waals surface area contributed by atoms with Gasteiger partial charge in [0.2, 0.25) is 0 Å². The van der Waals surface area contributed by atoms with Crippen LogP contribution in [-0.2, 0) is 18.3 Å². The molecule has 0 spiro atoms. The normalized spacial score (nSPS) is 10.2. The topological polar surface area (TPSA) is 60.9 Å². The predicted molar refractivity (Wildman–Crippen MR) is 45.6 cm³/mol. The first-order valence-electron chi connectivity index (χ1n) is 3.92. The van der Waals surface area contributed by atoms with Gasteiger partial charge in [0.1, 0.15) is 5.78 Å². The van der Waals surface area contributed by atoms with Gasteiger partial charge in [-0.2, -0.15) is 5.10 Å². The molecule has 1 aromatic heterocycles. The number of hydrogen-bond donors (Lipinski definition) is 1. The van der Waals surface area contributed by atoms with Gasteiger partial charge in [0.25, 0.3) is 0 Å². The Morgan fingerprint density at radius 1 is 1.75 bits per heavy atom. The van der Waals surface area contributed by atoms with Crippen LogP contribution in [-0.4, -0.2) is 22.1 Å². The van der Waals surface area contributed by atoms with Crippen molar-refractivity contribution in [3.63, 3.8) is 0 Å². The largest absolute Gasteiger partial charge is 0.324 e. The first kappa shape index (κ1) is 8.93. The lowest BCUT2D eigenvalue weighted by atomic mass is 10.2. The quantitative estimate of drug-likeness (QED) is 0.680. The van der Waals surface area contributed by atoms with E-state index in [0.29, 0.717) is 12.8 Å². The number of aryl methyl sites for hydroxylation is 2. The van der Waals surface area contributed by atoms with Gasteiger partial charge in [-0.25, -0.2) is 0 Å². The smallest absolute Gasteiger partial charge is 0.146 e. The van der Waals surface area contributed by atoms with Gasteiger partial charge in [-0.3, -0.25) is 9.48 Å². The summed E-state index contributed by atoms with van der Waals surface area (Å²) in [5.41, 5.74) is 6.11. The van der Waals surface area contributed by atoms with Crippen LogP contribution in [0.5, 0.6) is 0 Å². The fourth-order valence-electron chi connectivity index (χ4n) is 0.966. The molecular weight excluding hydrogens is 154 g/mol. The minimum atomic E-state index is 0.0839. The second-order valence-electron chi connectivity index (χ2n) is 2.72. The van der Waals surface area contributed by atoms with E-state index in [1.807, 2.05) is 19.3 Å². The van der Waals surface area contributed by atoms with Crippen LogP contribution in [0.25, 0.3) is 0 Å². The Bertz CT molecular complexity index is 267. The maximum atomic E-state index is 10.8. The number of Topliss-reactive ketones (excluding diaryl/α,β-unsaturated/α-hetero) is 1. The van der Waals surface area contributed by atoms with E-state index in [0.717, 1.165) is 5.69 Å². The first-order chi connectivity index (χ1) is 5.72. The second-order valence-corrected chi connectivity index (χ2v) is 2.72. The molecule has 0 amide bonds. The van der Waals surface area contributed by atoms with E-state index < -0.39 is 0 Å². The monoisotopic (exact) mass is 167 g/mol. The highest BCUT2D eigenvalue weighted by Gasteiger charge is 2.01. The molecule has 1 rings (SSSR count). The summed E-state index contributed by atoms with van der Waals surface area (Å²) in [4.78, 5) is 10.8. The molecule has 0 unspecified atom stereocenters. The van der Waals surface area contributed by atoms with Crippen LogP contribution in [0, 0.1) is 0 Å². The zero-order valence-corrected chi connectivity index (χ0v) is 7.16. The lowest BCUT2D eigenvalue weighted by Gasteiger charge is -1.93. The molecule has 0 fully saturated rings. The van der Waals surface area contributed by atoms with Crippen molar-refractivity contribution in [1.29, 1.82) is 0 Å². The summed E-state index contributed by atoms with van der Waals surface area (Å²) in [6.45, 7) is 0.132. The Hall–Kier alpha value is -1.16. The third kappa shape index (κ3) is 2.47. The minimum absolute atomic E-state index is 0.0839. The van der Waals surface area contributed by atoms with Crippen LogP contribution in [0.15, 0.2) is 12.3 Å². The van der Waals surface area contributed by atoms with Gasteiger partial charge in [-0.1, -0.05) is 0 Å². The highest BCUT2D eigenvalue weighted by molar-refractivity contribution is 5.80. The number of aromatic nitrogens is 2. The summed E-state index contributed by atoms with van der Waals surface area (Å²) in [5, 5.41) is 4.14. The molecule has 0 atom stereocenters. The van der Waals surface area contributed by atoms with E-state index in [-0.39, 0.29) is 12.3 Å². The molecular formula is C8H13N3O. The molecule has 1 heterocycles. The third-order valence-electron chi connectivity index (χ3n) is 1.66. The molecule has 0 aromatic carbocycles. The molecule has 0 aliphatic carbocycles. The maximum absolute atomic E-state index is 10.8. The summed E-state index contributed by atoms with van der Waals surface area (Å²) >= 11 is 0. The number of nitrogens with two attached hydrogens (primary N) is 1. The number of carbonyl (C=O) groups is 1. The fraction of sp³-hybridized carbons (Fsp3) is 0.500. The van der Waals surface area contributed by atoms with Crippen molar-refractivity contribution >= 4 is 5.78 Å². The highest BCUT2D eigenvalue weighted by Crippen LogP contribution is 1.98. The van der Waals surface area contributed by atoms with E-state index in [9.17, 15) is 4.79 Å². The Labute approximate surface area is 71.4 Å². The molecule has 0 saturated heterocycles. The van der Waals surface area contributed by atoms with E-state index in [1.165, 1.54) is 0 Å². The number of ketones is 1. The van der Waals surface area contributed by atoms with Crippen LogP contribution in [0.4, 0.5) is 0 Å². The SMILES string of the molecule is Cn1ccc(CCC(=O)CN)n1. The molecule has 0 saturated carbocycles. The molecule has 0 aliphatic rings.